The Morgan fingerprint density at radius 3 is 2.55 bits per heavy atom. The molecule has 110 valence electrons. The van der Waals surface area contributed by atoms with Crippen LogP contribution in [0.15, 0.2) is 24.3 Å². The predicted molar refractivity (Wildman–Crippen MR) is 72.6 cm³/mol. The van der Waals surface area contributed by atoms with E-state index in [9.17, 15) is 14.0 Å². The highest BCUT2D eigenvalue weighted by Gasteiger charge is 2.21. The standard InChI is InChI=1S/C14H19FN2O3/c1-9(2)12(13(18)19)8-17-14(20)16-7-10-4-3-5-11(15)6-10/h3-6,9,12H,7-8H2,1-2H3,(H,18,19)(H2,16,17,20). The molecule has 1 unspecified atom stereocenters. The molecular formula is C14H19FN2O3. The lowest BCUT2D eigenvalue weighted by Gasteiger charge is -2.17. The third-order valence-electron chi connectivity index (χ3n) is 2.95. The molecule has 0 aromatic heterocycles. The highest BCUT2D eigenvalue weighted by molar-refractivity contribution is 5.75. The van der Waals surface area contributed by atoms with E-state index in [1.165, 1.54) is 12.1 Å². The van der Waals surface area contributed by atoms with Gasteiger partial charge >= 0.3 is 12.0 Å². The first-order chi connectivity index (χ1) is 9.40. The van der Waals surface area contributed by atoms with E-state index in [0.717, 1.165) is 0 Å². The summed E-state index contributed by atoms with van der Waals surface area (Å²) in [7, 11) is 0. The Labute approximate surface area is 117 Å². The third-order valence-corrected chi connectivity index (χ3v) is 2.95. The molecule has 0 saturated carbocycles. The van der Waals surface area contributed by atoms with Crippen molar-refractivity contribution >= 4 is 12.0 Å². The Morgan fingerprint density at radius 2 is 2.00 bits per heavy atom. The zero-order valence-electron chi connectivity index (χ0n) is 11.5. The van der Waals surface area contributed by atoms with Crippen LogP contribution >= 0.6 is 0 Å². The van der Waals surface area contributed by atoms with Gasteiger partial charge < -0.3 is 15.7 Å². The number of nitrogens with one attached hydrogen (secondary N) is 2. The summed E-state index contributed by atoms with van der Waals surface area (Å²) < 4.78 is 12.9. The highest BCUT2D eigenvalue weighted by Crippen LogP contribution is 2.09. The predicted octanol–water partition coefficient (Wildman–Crippen LogP) is 1.98. The van der Waals surface area contributed by atoms with E-state index in [1.807, 2.05) is 0 Å². The number of carboxylic acid groups (broad SMARTS) is 1. The number of benzene rings is 1. The van der Waals surface area contributed by atoms with Gasteiger partial charge in [-0.05, 0) is 23.6 Å². The van der Waals surface area contributed by atoms with E-state index in [2.05, 4.69) is 10.6 Å². The van der Waals surface area contributed by atoms with Gasteiger partial charge in [-0.1, -0.05) is 26.0 Å². The molecule has 2 amide bonds. The van der Waals surface area contributed by atoms with Crippen LogP contribution in [0.3, 0.4) is 0 Å². The zero-order valence-corrected chi connectivity index (χ0v) is 11.5. The smallest absolute Gasteiger partial charge is 0.315 e. The van der Waals surface area contributed by atoms with E-state index in [-0.39, 0.29) is 24.8 Å². The maximum Gasteiger partial charge on any atom is 0.315 e. The molecule has 5 nitrogen and oxygen atoms in total. The number of rotatable bonds is 6. The fraction of sp³-hybridized carbons (Fsp3) is 0.429. The van der Waals surface area contributed by atoms with Crippen molar-refractivity contribution < 1.29 is 19.1 Å². The minimum atomic E-state index is -0.939. The molecule has 0 aliphatic carbocycles. The Kier molecular flexibility index (Phi) is 5.96. The number of halogens is 1. The van der Waals surface area contributed by atoms with Gasteiger partial charge in [0, 0.05) is 13.1 Å². The normalized spacial score (nSPS) is 12.0. The second kappa shape index (κ2) is 7.47. The number of hydrogen-bond donors (Lipinski definition) is 3. The van der Waals surface area contributed by atoms with Gasteiger partial charge in [0.1, 0.15) is 5.82 Å². The first-order valence-electron chi connectivity index (χ1n) is 6.39. The molecule has 3 N–H and O–H groups in total. The van der Waals surface area contributed by atoms with E-state index in [1.54, 1.807) is 26.0 Å². The van der Waals surface area contributed by atoms with Crippen LogP contribution in [0.25, 0.3) is 0 Å². The lowest BCUT2D eigenvalue weighted by Crippen LogP contribution is -2.41. The number of urea groups is 1. The summed E-state index contributed by atoms with van der Waals surface area (Å²) in [6.07, 6.45) is 0. The molecule has 0 spiro atoms. The van der Waals surface area contributed by atoms with Gasteiger partial charge in [0.25, 0.3) is 0 Å². The van der Waals surface area contributed by atoms with Crippen molar-refractivity contribution in [3.63, 3.8) is 0 Å². The molecule has 0 bridgehead atoms. The van der Waals surface area contributed by atoms with Crippen LogP contribution in [0.4, 0.5) is 9.18 Å². The van der Waals surface area contributed by atoms with Crippen LogP contribution in [0, 0.1) is 17.7 Å². The molecule has 0 saturated heterocycles. The van der Waals surface area contributed by atoms with Crippen molar-refractivity contribution in [3.05, 3.63) is 35.6 Å². The van der Waals surface area contributed by atoms with E-state index in [4.69, 9.17) is 5.11 Å². The van der Waals surface area contributed by atoms with Crippen LogP contribution < -0.4 is 10.6 Å². The van der Waals surface area contributed by atoms with Crippen molar-refractivity contribution in [1.29, 1.82) is 0 Å². The maximum absolute atomic E-state index is 12.9. The maximum atomic E-state index is 12.9. The van der Waals surface area contributed by atoms with Crippen molar-refractivity contribution in [2.75, 3.05) is 6.54 Å². The van der Waals surface area contributed by atoms with Gasteiger partial charge in [0.15, 0.2) is 0 Å². The van der Waals surface area contributed by atoms with Crippen molar-refractivity contribution in [2.24, 2.45) is 11.8 Å². The Morgan fingerprint density at radius 1 is 1.30 bits per heavy atom. The molecule has 0 radical (unpaired) electrons. The van der Waals surface area contributed by atoms with Crippen LogP contribution in [0.1, 0.15) is 19.4 Å². The second-order valence-electron chi connectivity index (χ2n) is 4.88. The second-order valence-corrected chi connectivity index (χ2v) is 4.88. The van der Waals surface area contributed by atoms with Crippen LogP contribution in [-0.2, 0) is 11.3 Å². The lowest BCUT2D eigenvalue weighted by atomic mass is 9.96. The summed E-state index contributed by atoms with van der Waals surface area (Å²) in [5.41, 5.74) is 0.638. The van der Waals surface area contributed by atoms with Crippen molar-refractivity contribution in [3.8, 4) is 0 Å². The van der Waals surface area contributed by atoms with Gasteiger partial charge in [-0.15, -0.1) is 0 Å². The van der Waals surface area contributed by atoms with Crippen LogP contribution in [0.5, 0.6) is 0 Å². The Bertz CT molecular complexity index is 477. The molecule has 1 aromatic carbocycles. The first kappa shape index (κ1) is 15.9. The minimum absolute atomic E-state index is 0.0575. The van der Waals surface area contributed by atoms with Gasteiger partial charge in [0.05, 0.1) is 5.92 Å². The van der Waals surface area contributed by atoms with Crippen molar-refractivity contribution in [1.82, 2.24) is 10.6 Å². The van der Waals surface area contributed by atoms with Crippen LogP contribution in [0.2, 0.25) is 0 Å². The summed E-state index contributed by atoms with van der Waals surface area (Å²) in [6.45, 7) is 3.81. The quantitative estimate of drug-likeness (QED) is 0.746. The molecular weight excluding hydrogens is 263 g/mol. The molecule has 0 aliphatic rings. The molecule has 6 heteroatoms. The Balaban J connectivity index is 2.39. The molecule has 1 rings (SSSR count). The fourth-order valence-electron chi connectivity index (χ4n) is 1.70. The average molecular weight is 282 g/mol. The monoisotopic (exact) mass is 282 g/mol. The number of hydrogen-bond acceptors (Lipinski definition) is 2. The highest BCUT2D eigenvalue weighted by atomic mass is 19.1. The summed E-state index contributed by atoms with van der Waals surface area (Å²) in [5.74, 6) is -2.01. The third kappa shape index (κ3) is 5.26. The number of aliphatic carboxylic acids is 1. The molecule has 1 atom stereocenters. The number of amides is 2. The summed E-state index contributed by atoms with van der Waals surface area (Å²) >= 11 is 0. The average Bonchev–Trinajstić information content (AvgIpc) is 2.35. The summed E-state index contributed by atoms with van der Waals surface area (Å²) in [4.78, 5) is 22.5. The van der Waals surface area contributed by atoms with E-state index in [0.29, 0.717) is 5.56 Å². The zero-order chi connectivity index (χ0) is 15.1. The van der Waals surface area contributed by atoms with Gasteiger partial charge in [-0.3, -0.25) is 4.79 Å². The van der Waals surface area contributed by atoms with Crippen LogP contribution in [-0.4, -0.2) is 23.7 Å². The van der Waals surface area contributed by atoms with Gasteiger partial charge in [0.2, 0.25) is 0 Å². The topological polar surface area (TPSA) is 78.4 Å². The summed E-state index contributed by atoms with van der Waals surface area (Å²) in [5, 5.41) is 14.0. The number of carbonyl (C=O) groups excluding carboxylic acids is 1. The first-order valence-corrected chi connectivity index (χ1v) is 6.39. The fourth-order valence-corrected chi connectivity index (χ4v) is 1.70. The van der Waals surface area contributed by atoms with Gasteiger partial charge in [-0.25, -0.2) is 9.18 Å². The van der Waals surface area contributed by atoms with Gasteiger partial charge in [-0.2, -0.15) is 0 Å². The molecule has 0 aliphatic heterocycles. The molecule has 0 heterocycles. The van der Waals surface area contributed by atoms with Crippen molar-refractivity contribution in [2.45, 2.75) is 20.4 Å². The minimum Gasteiger partial charge on any atom is -0.481 e. The summed E-state index contributed by atoms with van der Waals surface area (Å²) in [6, 6.07) is 5.43. The lowest BCUT2D eigenvalue weighted by molar-refractivity contribution is -0.142. The van der Waals surface area contributed by atoms with E-state index < -0.39 is 17.9 Å². The molecule has 20 heavy (non-hydrogen) atoms. The molecule has 1 aromatic rings. The molecule has 0 fully saturated rings. The largest absolute Gasteiger partial charge is 0.481 e. The Hall–Kier alpha value is -2.11. The number of carboxylic acids is 1. The SMILES string of the molecule is CC(C)C(CNC(=O)NCc1cccc(F)c1)C(=O)O. The number of carbonyl (C=O) groups is 2. The van der Waals surface area contributed by atoms with E-state index >= 15 is 0 Å².